The average Bonchev–Trinajstić information content (AvgIpc) is 3.58. The average molecular weight is 511 g/mol. The number of fused-ring (bicyclic) bond motifs is 2. The molecule has 4 heterocycles. The van der Waals surface area contributed by atoms with E-state index in [-0.39, 0.29) is 47.7 Å². The molecule has 1 radical (unpaired) electrons. The molecule has 1 fully saturated rings. The third kappa shape index (κ3) is 4.36. The Kier molecular flexibility index (Phi) is 6.69. The molecule has 2 aliphatic rings. The van der Waals surface area contributed by atoms with E-state index >= 15 is 0 Å². The summed E-state index contributed by atoms with van der Waals surface area (Å²) in [7, 11) is 3.15. The maximum absolute atomic E-state index is 13.4. The first kappa shape index (κ1) is 25.2. The number of methoxy groups -OCH3 is 1. The van der Waals surface area contributed by atoms with Gasteiger partial charge in [0.1, 0.15) is 24.2 Å². The number of aromatic amines is 1. The van der Waals surface area contributed by atoms with Crippen LogP contribution in [0.5, 0.6) is 11.5 Å². The first-order chi connectivity index (χ1) is 17.5. The Balaban J connectivity index is 0.00000280. The Morgan fingerprint density at radius 3 is 2.65 bits per heavy atom. The minimum Gasteiger partial charge on any atom is -0.496 e. The van der Waals surface area contributed by atoms with Crippen molar-refractivity contribution in [3.8, 4) is 22.9 Å². The number of benzene rings is 2. The van der Waals surface area contributed by atoms with Crippen molar-refractivity contribution >= 4 is 52.2 Å². The van der Waals surface area contributed by atoms with E-state index in [1.54, 1.807) is 48.2 Å². The molecule has 4 aromatic rings. The maximum Gasteiger partial charge on any atom is 0.254 e. The quantitative estimate of drug-likeness (QED) is 0.414. The smallest absolute Gasteiger partial charge is 0.254 e. The van der Waals surface area contributed by atoms with Crippen molar-refractivity contribution in [1.82, 2.24) is 30.3 Å². The van der Waals surface area contributed by atoms with E-state index in [1.807, 2.05) is 18.2 Å². The van der Waals surface area contributed by atoms with Crippen LogP contribution in [0.2, 0.25) is 0 Å². The first-order valence-electron chi connectivity index (χ1n) is 11.6. The summed E-state index contributed by atoms with van der Waals surface area (Å²) in [6.07, 6.45) is 3.17. The first-order valence-corrected chi connectivity index (χ1v) is 11.6. The van der Waals surface area contributed by atoms with Crippen molar-refractivity contribution < 1.29 is 23.9 Å². The van der Waals surface area contributed by atoms with Crippen molar-refractivity contribution in [1.29, 1.82) is 0 Å². The summed E-state index contributed by atoms with van der Waals surface area (Å²) in [5, 5.41) is 14.8. The van der Waals surface area contributed by atoms with Crippen LogP contribution in [0.25, 0.3) is 22.3 Å². The molecular weight excluding hydrogens is 487 g/mol. The van der Waals surface area contributed by atoms with Gasteiger partial charge in [0.2, 0.25) is 5.82 Å². The van der Waals surface area contributed by atoms with Gasteiger partial charge in [-0.15, -0.1) is 10.2 Å². The van der Waals surface area contributed by atoms with Crippen molar-refractivity contribution in [2.24, 2.45) is 0 Å². The Bertz CT molecular complexity index is 1480. The minimum absolute atomic E-state index is 0. The Labute approximate surface area is 234 Å². The van der Waals surface area contributed by atoms with Crippen LogP contribution in [0.3, 0.4) is 0 Å². The second-order valence-electron chi connectivity index (χ2n) is 9.06. The maximum atomic E-state index is 13.4. The number of hydrogen-bond donors (Lipinski definition) is 1. The number of rotatable bonds is 4. The fourth-order valence-electron chi connectivity index (χ4n) is 5.13. The molecule has 1 saturated heterocycles. The van der Waals surface area contributed by atoms with Gasteiger partial charge < -0.3 is 19.2 Å². The molecule has 2 aromatic heterocycles. The molecular formula is C25H24N6NaO5. The van der Waals surface area contributed by atoms with E-state index < -0.39 is 5.60 Å². The molecule has 11 nitrogen and oxygen atoms in total. The fraction of sp³-hybridized carbons (Fsp3) is 0.320. The van der Waals surface area contributed by atoms with Gasteiger partial charge in [0.15, 0.2) is 5.78 Å². The number of aromatic nitrogens is 5. The number of carbonyl (C=O) groups excluding carboxylic acids is 2. The van der Waals surface area contributed by atoms with Gasteiger partial charge in [0.05, 0.1) is 24.6 Å². The van der Waals surface area contributed by atoms with E-state index in [1.165, 1.54) is 0 Å². The van der Waals surface area contributed by atoms with Crippen LogP contribution in [-0.2, 0) is 0 Å². The van der Waals surface area contributed by atoms with Gasteiger partial charge in [-0.05, 0) is 41.6 Å². The largest absolute Gasteiger partial charge is 0.496 e. The minimum atomic E-state index is -0.624. The third-order valence-corrected chi connectivity index (χ3v) is 7.05. The Morgan fingerprint density at radius 2 is 1.95 bits per heavy atom. The van der Waals surface area contributed by atoms with Crippen molar-refractivity contribution in [3.05, 3.63) is 53.7 Å². The number of H-pyrrole nitrogens is 1. The molecule has 1 N–H and O–H groups in total. The summed E-state index contributed by atoms with van der Waals surface area (Å²) in [4.78, 5) is 33.7. The van der Waals surface area contributed by atoms with E-state index in [2.05, 4.69) is 20.6 Å². The topological polar surface area (TPSA) is 124 Å². The van der Waals surface area contributed by atoms with E-state index in [9.17, 15) is 9.59 Å². The monoisotopic (exact) mass is 511 g/mol. The number of hydrogen-bond acceptors (Lipinski definition) is 8. The number of amides is 1. The predicted octanol–water partition coefficient (Wildman–Crippen LogP) is 2.15. The summed E-state index contributed by atoms with van der Waals surface area (Å²) >= 11 is 0. The zero-order chi connectivity index (χ0) is 24.9. The van der Waals surface area contributed by atoms with E-state index in [0.717, 1.165) is 10.9 Å². The molecule has 2 aromatic carbocycles. The number of nitrogens with zero attached hydrogens (tertiary/aromatic N) is 5. The molecule has 2 aliphatic heterocycles. The number of tetrazole rings is 1. The Morgan fingerprint density at radius 1 is 1.14 bits per heavy atom. The summed E-state index contributed by atoms with van der Waals surface area (Å²) in [6, 6.07) is 10.8. The second kappa shape index (κ2) is 9.81. The van der Waals surface area contributed by atoms with Gasteiger partial charge in [-0.3, -0.25) is 9.59 Å². The van der Waals surface area contributed by atoms with E-state index in [4.69, 9.17) is 14.3 Å². The number of ketones is 1. The number of Topliss-reactive ketones (excluding diaryl/α,β-unsaturated/α-hetero) is 1. The molecule has 0 saturated carbocycles. The van der Waals surface area contributed by atoms with Gasteiger partial charge in [-0.1, -0.05) is 0 Å². The van der Waals surface area contributed by atoms with Crippen LogP contribution >= 0.6 is 0 Å². The molecule has 12 heteroatoms. The summed E-state index contributed by atoms with van der Waals surface area (Å²) in [6.45, 7) is 0.960. The van der Waals surface area contributed by atoms with Crippen molar-refractivity contribution in [2.45, 2.75) is 24.9 Å². The van der Waals surface area contributed by atoms with Gasteiger partial charge in [0.25, 0.3) is 5.91 Å². The van der Waals surface area contributed by atoms with Crippen LogP contribution < -0.4 is 14.3 Å². The third-order valence-electron chi connectivity index (χ3n) is 7.05. The van der Waals surface area contributed by atoms with Gasteiger partial charge >= 0.3 is 0 Å². The zero-order valence-electron chi connectivity index (χ0n) is 20.9. The molecule has 1 spiro atoms. The van der Waals surface area contributed by atoms with Crippen LogP contribution in [0.15, 0.2) is 42.6 Å². The van der Waals surface area contributed by atoms with Crippen LogP contribution in [0, 0.1) is 0 Å². The zero-order valence-corrected chi connectivity index (χ0v) is 22.9. The number of piperidine rings is 1. The number of likely N-dealkylation sites (tertiary alicyclic amines) is 1. The Hall–Kier alpha value is -3.41. The van der Waals surface area contributed by atoms with Gasteiger partial charge in [-0.2, -0.15) is 9.94 Å². The summed E-state index contributed by atoms with van der Waals surface area (Å²) < 4.78 is 13.5. The standard InChI is InChI=1S/C25H24N6O5.Na/c1-34-22-13-16(12-19-17(22)5-8-31(19)35-2)24(33)30-9-6-25(7-10-30)14-20(32)18-11-15(3-4-21(18)36-25)23-26-28-29-27-23;/h3-5,8,11-13H,6-7,9-10,14H2,1-2H3,(H,26,27,28,29);. The predicted molar refractivity (Wildman–Crippen MR) is 134 cm³/mol. The molecule has 185 valence electrons. The molecule has 0 aliphatic carbocycles. The van der Waals surface area contributed by atoms with Crippen LogP contribution in [0.4, 0.5) is 0 Å². The molecule has 6 rings (SSSR count). The van der Waals surface area contributed by atoms with Crippen LogP contribution in [0.1, 0.15) is 40.0 Å². The van der Waals surface area contributed by atoms with Crippen molar-refractivity contribution in [3.63, 3.8) is 0 Å². The fourth-order valence-corrected chi connectivity index (χ4v) is 5.13. The number of nitrogens with one attached hydrogen (secondary N) is 1. The molecule has 0 atom stereocenters. The number of carbonyl (C=O) groups is 2. The molecule has 37 heavy (non-hydrogen) atoms. The SMILES string of the molecule is COc1cc(C(=O)N2CCC3(CC2)CC(=O)c2cc(-c4nn[nH]n4)ccc2O3)cc2c1ccn2OC.[Na]. The summed E-state index contributed by atoms with van der Waals surface area (Å²) in [5.41, 5.74) is 1.87. The van der Waals surface area contributed by atoms with Crippen LogP contribution in [-0.4, -0.2) is 104 Å². The second-order valence-corrected chi connectivity index (χ2v) is 9.06. The van der Waals surface area contributed by atoms with Gasteiger partial charge in [-0.25, -0.2) is 0 Å². The number of ether oxygens (including phenoxy) is 2. The molecule has 1 amide bonds. The molecule has 0 unspecified atom stereocenters. The van der Waals surface area contributed by atoms with E-state index in [0.29, 0.717) is 59.9 Å². The van der Waals surface area contributed by atoms with Gasteiger partial charge in [0, 0.05) is 78.2 Å². The normalized spacial score (nSPS) is 16.2. The summed E-state index contributed by atoms with van der Waals surface area (Å²) in [5.74, 6) is 1.50. The van der Waals surface area contributed by atoms with Crippen molar-refractivity contribution in [2.75, 3.05) is 27.3 Å². The molecule has 0 bridgehead atoms.